The van der Waals surface area contributed by atoms with Gasteiger partial charge in [0.1, 0.15) is 5.60 Å². The first-order chi connectivity index (χ1) is 5.85. The summed E-state index contributed by atoms with van der Waals surface area (Å²) in [5.74, 6) is 0. The van der Waals surface area contributed by atoms with Gasteiger partial charge in [0.05, 0.1) is 13.2 Å². The molecule has 1 fully saturated rings. The van der Waals surface area contributed by atoms with Crippen molar-refractivity contribution in [2.75, 3.05) is 13.2 Å². The Kier molecular flexibility index (Phi) is 1.87. The van der Waals surface area contributed by atoms with Crippen LogP contribution in [-0.2, 0) is 11.2 Å². The van der Waals surface area contributed by atoms with E-state index in [0.29, 0.717) is 6.61 Å². The average Bonchev–Trinajstić information content (AvgIpc) is 2.88. The Bertz CT molecular complexity index is 252. The third-order valence-electron chi connectivity index (χ3n) is 2.21. The van der Waals surface area contributed by atoms with Gasteiger partial charge in [0.15, 0.2) is 0 Å². The molecule has 1 aromatic carbocycles. The zero-order chi connectivity index (χ0) is 8.44. The van der Waals surface area contributed by atoms with Crippen LogP contribution in [0.1, 0.15) is 5.56 Å². The van der Waals surface area contributed by atoms with Crippen LogP contribution in [0, 0.1) is 0 Å². The molecule has 1 saturated heterocycles. The molecule has 0 aliphatic carbocycles. The molecular weight excluding hydrogens is 152 g/mol. The third-order valence-corrected chi connectivity index (χ3v) is 2.21. The van der Waals surface area contributed by atoms with Gasteiger partial charge in [0, 0.05) is 6.42 Å². The van der Waals surface area contributed by atoms with E-state index in [4.69, 9.17) is 9.84 Å². The Morgan fingerprint density at radius 1 is 1.33 bits per heavy atom. The first-order valence-electron chi connectivity index (χ1n) is 4.13. The van der Waals surface area contributed by atoms with E-state index in [-0.39, 0.29) is 12.2 Å². The Labute approximate surface area is 71.8 Å². The molecule has 1 aromatic rings. The van der Waals surface area contributed by atoms with Gasteiger partial charge in [-0.3, -0.25) is 0 Å². The zero-order valence-corrected chi connectivity index (χ0v) is 6.86. The van der Waals surface area contributed by atoms with E-state index in [9.17, 15) is 0 Å². The van der Waals surface area contributed by atoms with Crippen molar-refractivity contribution in [2.45, 2.75) is 12.0 Å². The van der Waals surface area contributed by atoms with Gasteiger partial charge in [-0.2, -0.15) is 0 Å². The summed E-state index contributed by atoms with van der Waals surface area (Å²) in [6, 6.07) is 10.1. The predicted octanol–water partition coefficient (Wildman–Crippen LogP) is 0.990. The van der Waals surface area contributed by atoms with Crippen LogP contribution in [-0.4, -0.2) is 23.9 Å². The van der Waals surface area contributed by atoms with Gasteiger partial charge in [0.25, 0.3) is 0 Å². The van der Waals surface area contributed by atoms with Crippen LogP contribution in [0.5, 0.6) is 0 Å². The molecule has 2 heteroatoms. The molecule has 1 atom stereocenters. The fourth-order valence-electron chi connectivity index (χ4n) is 1.32. The van der Waals surface area contributed by atoms with Crippen molar-refractivity contribution in [3.63, 3.8) is 0 Å². The normalized spacial score (nSPS) is 27.1. The largest absolute Gasteiger partial charge is 0.393 e. The van der Waals surface area contributed by atoms with Crippen LogP contribution in [0.3, 0.4) is 0 Å². The number of aliphatic hydroxyl groups excluding tert-OH is 1. The van der Waals surface area contributed by atoms with Crippen LogP contribution in [0.25, 0.3) is 0 Å². The smallest absolute Gasteiger partial charge is 0.118 e. The summed E-state index contributed by atoms with van der Waals surface area (Å²) >= 11 is 0. The molecule has 0 bridgehead atoms. The minimum atomic E-state index is -0.249. The molecule has 2 nitrogen and oxygen atoms in total. The number of aliphatic hydroxyl groups is 1. The second-order valence-corrected chi connectivity index (χ2v) is 3.29. The maximum atomic E-state index is 8.99. The Morgan fingerprint density at radius 2 is 2.00 bits per heavy atom. The number of epoxide rings is 1. The van der Waals surface area contributed by atoms with Gasteiger partial charge in [0.2, 0.25) is 0 Å². The summed E-state index contributed by atoms with van der Waals surface area (Å²) in [4.78, 5) is 0. The topological polar surface area (TPSA) is 32.8 Å². The molecule has 12 heavy (non-hydrogen) atoms. The molecule has 1 N–H and O–H groups in total. The predicted molar refractivity (Wildman–Crippen MR) is 45.9 cm³/mol. The van der Waals surface area contributed by atoms with E-state index in [1.54, 1.807) is 0 Å². The van der Waals surface area contributed by atoms with E-state index in [0.717, 1.165) is 6.42 Å². The number of rotatable bonds is 3. The van der Waals surface area contributed by atoms with Crippen molar-refractivity contribution in [1.29, 1.82) is 0 Å². The number of hydrogen-bond donors (Lipinski definition) is 1. The van der Waals surface area contributed by atoms with Gasteiger partial charge >= 0.3 is 0 Å². The maximum Gasteiger partial charge on any atom is 0.118 e. The standard InChI is InChI=1S/C10H12O2/c11-7-10(8-12-10)6-9-4-2-1-3-5-9/h1-5,11H,6-8H2. The minimum Gasteiger partial charge on any atom is -0.393 e. The summed E-state index contributed by atoms with van der Waals surface area (Å²) < 4.78 is 5.20. The SMILES string of the molecule is OCC1(Cc2ccccc2)CO1. The van der Waals surface area contributed by atoms with Crippen molar-refractivity contribution in [3.05, 3.63) is 35.9 Å². The van der Waals surface area contributed by atoms with Gasteiger partial charge in [-0.15, -0.1) is 0 Å². The van der Waals surface area contributed by atoms with E-state index in [1.807, 2.05) is 18.2 Å². The van der Waals surface area contributed by atoms with Crippen molar-refractivity contribution in [3.8, 4) is 0 Å². The van der Waals surface area contributed by atoms with Crippen molar-refractivity contribution in [2.24, 2.45) is 0 Å². The lowest BCUT2D eigenvalue weighted by Crippen LogP contribution is -2.19. The Balaban J connectivity index is 2.04. The van der Waals surface area contributed by atoms with Crippen molar-refractivity contribution >= 4 is 0 Å². The van der Waals surface area contributed by atoms with Crippen LogP contribution in [0.15, 0.2) is 30.3 Å². The minimum absolute atomic E-state index is 0.127. The van der Waals surface area contributed by atoms with Gasteiger partial charge in [-0.25, -0.2) is 0 Å². The van der Waals surface area contributed by atoms with Gasteiger partial charge < -0.3 is 9.84 Å². The lowest BCUT2D eigenvalue weighted by Gasteiger charge is -2.06. The van der Waals surface area contributed by atoms with Crippen molar-refractivity contribution in [1.82, 2.24) is 0 Å². The highest BCUT2D eigenvalue weighted by atomic mass is 16.6. The molecule has 0 radical (unpaired) electrons. The second kappa shape index (κ2) is 2.88. The average molecular weight is 164 g/mol. The molecule has 1 heterocycles. The van der Waals surface area contributed by atoms with Crippen LogP contribution in [0.2, 0.25) is 0 Å². The highest BCUT2D eigenvalue weighted by Gasteiger charge is 2.43. The highest BCUT2D eigenvalue weighted by Crippen LogP contribution is 2.30. The molecule has 1 aliphatic rings. The summed E-state index contributed by atoms with van der Waals surface area (Å²) in [5.41, 5.74) is 0.977. The van der Waals surface area contributed by atoms with Gasteiger partial charge in [-0.05, 0) is 5.56 Å². The lowest BCUT2D eigenvalue weighted by atomic mass is 10.0. The molecule has 64 valence electrons. The number of ether oxygens (including phenoxy) is 1. The number of benzene rings is 1. The van der Waals surface area contributed by atoms with E-state index < -0.39 is 0 Å². The third kappa shape index (κ3) is 1.49. The van der Waals surface area contributed by atoms with E-state index in [1.165, 1.54) is 5.56 Å². The van der Waals surface area contributed by atoms with Crippen LogP contribution >= 0.6 is 0 Å². The first-order valence-corrected chi connectivity index (χ1v) is 4.13. The Morgan fingerprint density at radius 3 is 2.50 bits per heavy atom. The molecule has 2 rings (SSSR count). The van der Waals surface area contributed by atoms with E-state index >= 15 is 0 Å². The van der Waals surface area contributed by atoms with Crippen molar-refractivity contribution < 1.29 is 9.84 Å². The fraction of sp³-hybridized carbons (Fsp3) is 0.400. The summed E-state index contributed by atoms with van der Waals surface area (Å²) in [6.07, 6.45) is 0.824. The molecule has 1 unspecified atom stereocenters. The first kappa shape index (κ1) is 7.77. The molecule has 1 aliphatic heterocycles. The lowest BCUT2D eigenvalue weighted by molar-refractivity contribution is 0.171. The monoisotopic (exact) mass is 164 g/mol. The van der Waals surface area contributed by atoms with Crippen LogP contribution in [0.4, 0.5) is 0 Å². The molecule has 0 amide bonds. The van der Waals surface area contributed by atoms with Crippen LogP contribution < -0.4 is 0 Å². The summed E-state index contributed by atoms with van der Waals surface area (Å²) in [6.45, 7) is 0.820. The van der Waals surface area contributed by atoms with E-state index in [2.05, 4.69) is 12.1 Å². The quantitative estimate of drug-likeness (QED) is 0.676. The maximum absolute atomic E-state index is 8.99. The second-order valence-electron chi connectivity index (χ2n) is 3.29. The summed E-state index contributed by atoms with van der Waals surface area (Å²) in [5, 5.41) is 8.99. The highest BCUT2D eigenvalue weighted by molar-refractivity contribution is 5.19. The fourth-order valence-corrected chi connectivity index (χ4v) is 1.32. The van der Waals surface area contributed by atoms with Gasteiger partial charge in [-0.1, -0.05) is 30.3 Å². The molecular formula is C10H12O2. The number of hydrogen-bond acceptors (Lipinski definition) is 2. The molecule has 0 aromatic heterocycles. The zero-order valence-electron chi connectivity index (χ0n) is 6.86. The molecule has 0 saturated carbocycles. The molecule has 0 spiro atoms. The summed E-state index contributed by atoms with van der Waals surface area (Å²) in [7, 11) is 0. The Hall–Kier alpha value is -0.860.